The van der Waals surface area contributed by atoms with Gasteiger partial charge < -0.3 is 10.6 Å². The molecule has 0 bridgehead atoms. The van der Waals surface area contributed by atoms with Gasteiger partial charge in [0.05, 0.1) is 0 Å². The van der Waals surface area contributed by atoms with Crippen LogP contribution in [0.25, 0.3) is 0 Å². The van der Waals surface area contributed by atoms with Gasteiger partial charge in [0, 0.05) is 44.7 Å². The maximum absolute atomic E-state index is 10.7. The molecular weight excluding hydrogens is 866 g/mol. The van der Waals surface area contributed by atoms with Crippen molar-refractivity contribution in [3.8, 4) is 0 Å². The van der Waals surface area contributed by atoms with E-state index in [0.717, 1.165) is 13.1 Å². The van der Waals surface area contributed by atoms with Crippen LogP contribution in [0.3, 0.4) is 0 Å². The zero-order valence-electron chi connectivity index (χ0n) is 30.5. The molecule has 0 amide bonds. The molecule has 1 fully saturated rings. The van der Waals surface area contributed by atoms with Gasteiger partial charge in [0.1, 0.15) is 0 Å². The number of benzene rings is 6. The summed E-state index contributed by atoms with van der Waals surface area (Å²) in [6.07, 6.45) is 4.97. The molecule has 0 aliphatic heterocycles. The first-order chi connectivity index (χ1) is 26.3. The molecule has 56 heavy (non-hydrogen) atoms. The van der Waals surface area contributed by atoms with Gasteiger partial charge in [-0.15, -0.1) is 0 Å². The number of rotatable bonds is 12. The van der Waals surface area contributed by atoms with E-state index < -0.39 is 23.7 Å². The van der Waals surface area contributed by atoms with Crippen LogP contribution in [0.1, 0.15) is 36.8 Å². The first-order valence-corrected chi connectivity index (χ1v) is 23.0. The van der Waals surface area contributed by atoms with Crippen LogP contribution in [-0.4, -0.2) is 12.1 Å². The Bertz CT molecular complexity index is 1870. The Hall–Kier alpha value is -3.27. The molecule has 297 valence electrons. The topological polar surface area (TPSA) is 24.1 Å². The number of hydrogen-bond donors (Lipinski definition) is 2. The van der Waals surface area contributed by atoms with Crippen molar-refractivity contribution >= 4 is 55.5 Å². The van der Waals surface area contributed by atoms with Crippen molar-refractivity contribution < 1.29 is 44.7 Å². The van der Waals surface area contributed by atoms with Gasteiger partial charge in [-0.3, -0.25) is 0 Å². The molecule has 0 saturated heterocycles. The summed E-state index contributed by atoms with van der Waals surface area (Å²) in [5, 5.41) is 16.6. The molecule has 6 aromatic carbocycles. The van der Waals surface area contributed by atoms with Crippen LogP contribution >= 0.6 is 23.7 Å². The molecule has 2 N–H and O–H groups in total. The van der Waals surface area contributed by atoms with Crippen molar-refractivity contribution in [1.82, 2.24) is 10.6 Å². The Morgan fingerprint density at radius 1 is 0.411 bits per heavy atom. The second-order valence-corrected chi connectivity index (χ2v) is 19.8. The van der Waals surface area contributed by atoms with Crippen LogP contribution in [0.5, 0.6) is 0 Å². The number of hydrogen-bond acceptors (Lipinski definition) is 2. The van der Waals surface area contributed by atoms with Gasteiger partial charge in [0.15, 0.2) is 0 Å². The molecule has 2 nitrogen and oxygen atoms in total. The molecule has 6 aromatic rings. The summed E-state index contributed by atoms with van der Waals surface area (Å²) >= 11 is 0. The minimum Gasteiger partial charge on any atom is -0.308 e. The Morgan fingerprint density at radius 2 is 0.661 bits per heavy atom. The van der Waals surface area contributed by atoms with Crippen molar-refractivity contribution in [1.29, 1.82) is 0 Å². The van der Waals surface area contributed by atoms with Crippen molar-refractivity contribution in [3.05, 3.63) is 181 Å². The summed E-state index contributed by atoms with van der Waals surface area (Å²) < 4.78 is 59.2. The van der Waals surface area contributed by atoms with Gasteiger partial charge in [-0.05, 0) is 71.6 Å². The molecule has 1 radical (unpaired) electrons. The standard InChI is InChI=1S/C44H44N2P2.F6P.Rh/c1-5-21-37(22-6-1)47(38-23-7-2-8-24-38)43-31-17-13-19-35(43)33-45-41-29-15-16-30-42(41)46-34-36-20-14-18-32-44(36)48(39-25-9-3-10-26-39)40-27-11-4-12-28-40;1-7(2,3,4,5)6;/h1-14,17-28,31-32,41-42,45-46H,15-16,29-30,33-34H2;;/q;-1;/t41-,42-;;/m1../s1. The largest absolute Gasteiger partial charge is 0.308 e. The first-order valence-electron chi connectivity index (χ1n) is 18.3. The van der Waals surface area contributed by atoms with Crippen molar-refractivity contribution in [2.24, 2.45) is 0 Å². The Morgan fingerprint density at radius 3 is 0.946 bits per heavy atom. The SMILES string of the molecule is F[P-](F)(F)(F)(F)F.[Rh].c1ccc(P(c2ccccc2)c2ccccc2CN[C@@H]2CCCC[C@H]2NCc2ccccc2P(c2ccccc2)c2ccccc2)cc1. The van der Waals surface area contributed by atoms with Gasteiger partial charge >= 0.3 is 33.0 Å². The third-order valence-electron chi connectivity index (χ3n) is 9.40. The summed E-state index contributed by atoms with van der Waals surface area (Å²) in [7, 11) is -12.0. The van der Waals surface area contributed by atoms with Gasteiger partial charge in [0.2, 0.25) is 0 Å². The summed E-state index contributed by atoms with van der Waals surface area (Å²) in [5.41, 5.74) is 2.81. The van der Waals surface area contributed by atoms with Crippen LogP contribution < -0.4 is 42.5 Å². The van der Waals surface area contributed by atoms with E-state index in [0.29, 0.717) is 12.1 Å². The molecule has 0 aromatic heterocycles. The summed E-state index contributed by atoms with van der Waals surface area (Å²) in [5.74, 6) is 0. The Labute approximate surface area is 341 Å². The third-order valence-corrected chi connectivity index (χ3v) is 14.5. The fraction of sp³-hybridized carbons (Fsp3) is 0.182. The number of halogens is 6. The fourth-order valence-electron chi connectivity index (χ4n) is 7.02. The molecular formula is C44H44F6N2P3Rh-. The van der Waals surface area contributed by atoms with Gasteiger partial charge in [-0.1, -0.05) is 183 Å². The van der Waals surface area contributed by atoms with E-state index in [2.05, 4.69) is 180 Å². The third kappa shape index (κ3) is 13.7. The number of nitrogens with one attached hydrogen (secondary N) is 2. The average Bonchev–Trinajstić information content (AvgIpc) is 3.18. The predicted octanol–water partition coefficient (Wildman–Crippen LogP) is 10.8. The summed E-state index contributed by atoms with van der Waals surface area (Å²) in [6.45, 7) is 1.75. The van der Waals surface area contributed by atoms with E-state index in [1.165, 1.54) is 68.6 Å². The molecule has 7 rings (SSSR count). The molecule has 0 spiro atoms. The molecule has 0 unspecified atom stereocenters. The van der Waals surface area contributed by atoms with Crippen LogP contribution in [0.4, 0.5) is 25.2 Å². The van der Waals surface area contributed by atoms with Crippen LogP contribution in [-0.2, 0) is 32.6 Å². The van der Waals surface area contributed by atoms with Crippen molar-refractivity contribution in [2.45, 2.75) is 50.9 Å². The molecule has 1 aliphatic rings. The second-order valence-electron chi connectivity index (χ2n) is 13.5. The molecule has 0 heterocycles. The minimum atomic E-state index is -10.7. The maximum Gasteiger partial charge on any atom is 0.0224 e. The first kappa shape index (κ1) is 43.8. The quantitative estimate of drug-likeness (QED) is 0.0726. The van der Waals surface area contributed by atoms with E-state index in [4.69, 9.17) is 0 Å². The second kappa shape index (κ2) is 19.0. The van der Waals surface area contributed by atoms with Gasteiger partial charge in [-0.25, -0.2) is 0 Å². The minimum absolute atomic E-state index is 0. The predicted molar refractivity (Wildman–Crippen MR) is 224 cm³/mol. The van der Waals surface area contributed by atoms with Crippen LogP contribution in [0.15, 0.2) is 170 Å². The molecule has 2 atom stereocenters. The van der Waals surface area contributed by atoms with Crippen LogP contribution in [0.2, 0.25) is 0 Å². The van der Waals surface area contributed by atoms with Crippen molar-refractivity contribution in [2.75, 3.05) is 0 Å². The zero-order valence-corrected chi connectivity index (χ0v) is 34.8. The maximum atomic E-state index is 9.87. The van der Waals surface area contributed by atoms with Gasteiger partial charge in [-0.2, -0.15) is 0 Å². The van der Waals surface area contributed by atoms with E-state index >= 15 is 0 Å². The Kier molecular flexibility index (Phi) is 14.9. The smallest absolute Gasteiger partial charge is 0.0224 e. The van der Waals surface area contributed by atoms with E-state index in [9.17, 15) is 25.2 Å². The van der Waals surface area contributed by atoms with Gasteiger partial charge in [0.25, 0.3) is 0 Å². The van der Waals surface area contributed by atoms with E-state index in [-0.39, 0.29) is 19.5 Å². The molecule has 12 heteroatoms. The Balaban J connectivity index is 0.000000687. The summed E-state index contributed by atoms with van der Waals surface area (Å²) in [6, 6.07) is 63.3. The summed E-state index contributed by atoms with van der Waals surface area (Å²) in [4.78, 5) is 0. The normalized spacial score (nSPS) is 16.9. The van der Waals surface area contributed by atoms with E-state index in [1.807, 2.05) is 0 Å². The van der Waals surface area contributed by atoms with Crippen molar-refractivity contribution in [3.63, 3.8) is 0 Å². The van der Waals surface area contributed by atoms with E-state index in [1.54, 1.807) is 0 Å². The average molecular weight is 911 g/mol. The fourth-order valence-corrected chi connectivity index (χ4v) is 12.0. The molecule has 1 saturated carbocycles. The molecule has 1 aliphatic carbocycles. The van der Waals surface area contributed by atoms with Crippen LogP contribution in [0, 0.1) is 0 Å². The zero-order chi connectivity index (χ0) is 38.8. The monoisotopic (exact) mass is 910 g/mol.